The molecule has 0 saturated carbocycles. The lowest BCUT2D eigenvalue weighted by Gasteiger charge is -2.39. The number of rotatable bonds is 1. The first-order chi connectivity index (χ1) is 9.44. The number of fused-ring (bicyclic) bond motifs is 2. The van der Waals surface area contributed by atoms with Crippen molar-refractivity contribution in [3.8, 4) is 0 Å². The highest BCUT2D eigenvalue weighted by Gasteiger charge is 2.45. The van der Waals surface area contributed by atoms with Gasteiger partial charge < -0.3 is 14.2 Å². The van der Waals surface area contributed by atoms with Gasteiger partial charge in [-0.1, -0.05) is 0 Å². The zero-order valence-corrected chi connectivity index (χ0v) is 12.5. The van der Waals surface area contributed by atoms with E-state index in [4.69, 9.17) is 4.74 Å². The van der Waals surface area contributed by atoms with Gasteiger partial charge >= 0.3 is 6.09 Å². The number of nitrogens with zero attached hydrogens (tertiary/aromatic N) is 3. The fourth-order valence-electron chi connectivity index (χ4n) is 3.49. The van der Waals surface area contributed by atoms with Crippen molar-refractivity contribution in [2.24, 2.45) is 0 Å². The van der Waals surface area contributed by atoms with Crippen LogP contribution < -0.4 is 0 Å². The predicted molar refractivity (Wildman–Crippen MR) is 75.4 cm³/mol. The molecule has 0 radical (unpaired) electrons. The van der Waals surface area contributed by atoms with E-state index in [0.717, 1.165) is 25.7 Å². The fourth-order valence-corrected chi connectivity index (χ4v) is 3.49. The van der Waals surface area contributed by atoms with Gasteiger partial charge in [0.25, 0.3) is 0 Å². The second-order valence-electron chi connectivity index (χ2n) is 6.91. The van der Waals surface area contributed by atoms with Crippen molar-refractivity contribution in [2.75, 3.05) is 0 Å². The van der Waals surface area contributed by atoms with Gasteiger partial charge in [0.1, 0.15) is 5.60 Å². The van der Waals surface area contributed by atoms with Gasteiger partial charge in [-0.3, -0.25) is 0 Å². The Morgan fingerprint density at radius 3 is 2.35 bits per heavy atom. The summed E-state index contributed by atoms with van der Waals surface area (Å²) in [6, 6.07) is 1.10. The summed E-state index contributed by atoms with van der Waals surface area (Å²) in [5, 5.41) is 0. The normalized spacial score (nSPS) is 29.6. The standard InChI is InChI=1S/C15H23N3O2/c1-15(2,3)20-14(19)18-11-4-5-12(18)9-13(8-11)17-7-6-16-10-17/h6-7,10-13H,4-5,8-9H2,1-3H3. The third kappa shape index (κ3) is 2.53. The van der Waals surface area contributed by atoms with Crippen molar-refractivity contribution in [1.29, 1.82) is 0 Å². The number of hydrogen-bond donors (Lipinski definition) is 0. The summed E-state index contributed by atoms with van der Waals surface area (Å²) in [5.41, 5.74) is -0.419. The zero-order chi connectivity index (χ0) is 14.3. The minimum absolute atomic E-state index is 0.144. The van der Waals surface area contributed by atoms with Crippen molar-refractivity contribution in [1.82, 2.24) is 14.5 Å². The molecule has 2 saturated heterocycles. The minimum Gasteiger partial charge on any atom is -0.444 e. The molecule has 5 heteroatoms. The second kappa shape index (κ2) is 4.79. The monoisotopic (exact) mass is 277 g/mol. The number of ether oxygens (including phenoxy) is 1. The Bertz CT molecular complexity index is 464. The minimum atomic E-state index is -0.419. The van der Waals surface area contributed by atoms with E-state index in [0.29, 0.717) is 18.1 Å². The van der Waals surface area contributed by atoms with E-state index in [1.165, 1.54) is 0 Å². The molecule has 3 heterocycles. The molecule has 2 atom stereocenters. The lowest BCUT2D eigenvalue weighted by atomic mass is 9.97. The molecule has 2 fully saturated rings. The van der Waals surface area contributed by atoms with Gasteiger partial charge in [0.2, 0.25) is 0 Å². The van der Waals surface area contributed by atoms with Crippen LogP contribution in [-0.4, -0.2) is 38.2 Å². The molecule has 0 N–H and O–H groups in total. The maximum atomic E-state index is 12.4. The summed E-state index contributed by atoms with van der Waals surface area (Å²) in [6.45, 7) is 5.77. The van der Waals surface area contributed by atoms with Crippen LogP contribution in [0.2, 0.25) is 0 Å². The Kier molecular flexibility index (Phi) is 3.22. The molecule has 0 aromatic carbocycles. The highest BCUT2D eigenvalue weighted by molar-refractivity contribution is 5.69. The average Bonchev–Trinajstić information content (AvgIpc) is 2.94. The van der Waals surface area contributed by atoms with Gasteiger partial charge in [-0.15, -0.1) is 0 Å². The predicted octanol–water partition coefficient (Wildman–Crippen LogP) is 2.99. The number of imidazole rings is 1. The number of carbonyl (C=O) groups excluding carboxylic acids is 1. The molecule has 2 aliphatic rings. The maximum absolute atomic E-state index is 12.4. The van der Waals surface area contributed by atoms with Crippen molar-refractivity contribution < 1.29 is 9.53 Å². The molecule has 3 rings (SSSR count). The van der Waals surface area contributed by atoms with Gasteiger partial charge in [-0.25, -0.2) is 9.78 Å². The van der Waals surface area contributed by atoms with E-state index in [2.05, 4.69) is 9.55 Å². The largest absolute Gasteiger partial charge is 0.444 e. The first kappa shape index (κ1) is 13.5. The average molecular weight is 277 g/mol. The molecule has 5 nitrogen and oxygen atoms in total. The maximum Gasteiger partial charge on any atom is 0.410 e. The van der Waals surface area contributed by atoms with Crippen LogP contribution in [0.4, 0.5) is 4.79 Å². The van der Waals surface area contributed by atoms with E-state index in [9.17, 15) is 4.79 Å². The summed E-state index contributed by atoms with van der Waals surface area (Å²) in [7, 11) is 0. The summed E-state index contributed by atoms with van der Waals surface area (Å²) in [4.78, 5) is 18.5. The van der Waals surface area contributed by atoms with Crippen molar-refractivity contribution >= 4 is 6.09 Å². The molecule has 110 valence electrons. The smallest absolute Gasteiger partial charge is 0.410 e. The van der Waals surface area contributed by atoms with Crippen LogP contribution in [0.5, 0.6) is 0 Å². The second-order valence-corrected chi connectivity index (χ2v) is 6.91. The van der Waals surface area contributed by atoms with Crippen molar-refractivity contribution in [2.45, 2.75) is 70.2 Å². The number of aromatic nitrogens is 2. The van der Waals surface area contributed by atoms with Crippen LogP contribution in [0.15, 0.2) is 18.7 Å². The molecule has 2 aliphatic heterocycles. The summed E-state index contributed by atoms with van der Waals surface area (Å²) in [6.07, 6.45) is 9.78. The molecular formula is C15H23N3O2. The van der Waals surface area contributed by atoms with Crippen LogP contribution in [0.1, 0.15) is 52.5 Å². The number of hydrogen-bond acceptors (Lipinski definition) is 3. The first-order valence-corrected chi connectivity index (χ1v) is 7.43. The third-order valence-electron chi connectivity index (χ3n) is 4.26. The van der Waals surface area contributed by atoms with Gasteiger partial charge in [0.15, 0.2) is 0 Å². The van der Waals surface area contributed by atoms with Gasteiger partial charge in [0, 0.05) is 30.5 Å². The molecule has 1 amide bonds. The first-order valence-electron chi connectivity index (χ1n) is 7.43. The SMILES string of the molecule is CC(C)(C)OC(=O)N1C2CCC1CC(n1ccnc1)C2. The number of piperidine rings is 1. The molecule has 1 aromatic heterocycles. The van der Waals surface area contributed by atoms with E-state index >= 15 is 0 Å². The molecule has 0 spiro atoms. The summed E-state index contributed by atoms with van der Waals surface area (Å²) in [5.74, 6) is 0. The van der Waals surface area contributed by atoms with Crippen LogP contribution in [-0.2, 0) is 4.74 Å². The van der Waals surface area contributed by atoms with Crippen LogP contribution in [0.3, 0.4) is 0 Å². The molecule has 2 bridgehead atoms. The highest BCUT2D eigenvalue weighted by atomic mass is 16.6. The molecule has 2 unspecified atom stereocenters. The fraction of sp³-hybridized carbons (Fsp3) is 0.733. The van der Waals surface area contributed by atoms with E-state index in [-0.39, 0.29) is 6.09 Å². The molecule has 0 aliphatic carbocycles. The van der Waals surface area contributed by atoms with Crippen LogP contribution >= 0.6 is 0 Å². The topological polar surface area (TPSA) is 47.4 Å². The van der Waals surface area contributed by atoms with Gasteiger partial charge in [-0.05, 0) is 46.5 Å². The van der Waals surface area contributed by atoms with Gasteiger partial charge in [-0.2, -0.15) is 0 Å². The van der Waals surface area contributed by atoms with Crippen molar-refractivity contribution in [3.05, 3.63) is 18.7 Å². The van der Waals surface area contributed by atoms with E-state index in [1.54, 1.807) is 0 Å². The summed E-state index contributed by atoms with van der Waals surface area (Å²) >= 11 is 0. The highest BCUT2D eigenvalue weighted by Crippen LogP contribution is 2.41. The lowest BCUT2D eigenvalue weighted by Crippen LogP contribution is -2.48. The van der Waals surface area contributed by atoms with Gasteiger partial charge in [0.05, 0.1) is 6.33 Å². The lowest BCUT2D eigenvalue weighted by molar-refractivity contribution is 0.00295. The number of amides is 1. The Labute approximate surface area is 119 Å². The Balaban J connectivity index is 1.70. The Hall–Kier alpha value is -1.52. The Morgan fingerprint density at radius 2 is 1.85 bits per heavy atom. The van der Waals surface area contributed by atoms with E-state index < -0.39 is 5.60 Å². The molecule has 20 heavy (non-hydrogen) atoms. The number of carbonyl (C=O) groups is 1. The van der Waals surface area contributed by atoms with Crippen LogP contribution in [0.25, 0.3) is 0 Å². The van der Waals surface area contributed by atoms with Crippen LogP contribution in [0, 0.1) is 0 Å². The third-order valence-corrected chi connectivity index (χ3v) is 4.26. The summed E-state index contributed by atoms with van der Waals surface area (Å²) < 4.78 is 7.73. The zero-order valence-electron chi connectivity index (χ0n) is 12.5. The molecule has 1 aromatic rings. The van der Waals surface area contributed by atoms with Crippen molar-refractivity contribution in [3.63, 3.8) is 0 Å². The quantitative estimate of drug-likeness (QED) is 0.793. The van der Waals surface area contributed by atoms with E-state index in [1.807, 2.05) is 44.4 Å². The Morgan fingerprint density at radius 1 is 1.20 bits per heavy atom. The molecular weight excluding hydrogens is 254 g/mol.